The lowest BCUT2D eigenvalue weighted by molar-refractivity contribution is -0.142. The highest BCUT2D eigenvalue weighted by molar-refractivity contribution is 5.92. The van der Waals surface area contributed by atoms with E-state index >= 15 is 0 Å². The lowest BCUT2D eigenvalue weighted by Gasteiger charge is -2.35. The quantitative estimate of drug-likeness (QED) is 0.143. The Balaban J connectivity index is 2.04. The van der Waals surface area contributed by atoms with E-state index in [0.717, 1.165) is 43.2 Å². The van der Waals surface area contributed by atoms with E-state index in [1.54, 1.807) is 45.9 Å². The maximum atomic E-state index is 14.7. The molecule has 0 spiro atoms. The van der Waals surface area contributed by atoms with E-state index in [-0.39, 0.29) is 25.3 Å². The number of alkyl carbamates (subject to hydrolysis) is 1. The van der Waals surface area contributed by atoms with E-state index in [9.17, 15) is 19.5 Å². The van der Waals surface area contributed by atoms with Gasteiger partial charge in [-0.2, -0.15) is 0 Å². The number of aryl methyl sites for hydroxylation is 1. The SMILES string of the molecule is CCCCCCCCN(C(=O)C(Cc1ccccc1)NC(=O)OC(C)(C)C)C(C(=O)NCc1ccccc1)c1cccc(C)c1O. The zero-order valence-electron chi connectivity index (χ0n) is 28.1. The summed E-state index contributed by atoms with van der Waals surface area (Å²) in [6, 6.07) is 22.0. The monoisotopic (exact) mass is 629 g/mol. The Morgan fingerprint density at radius 1 is 0.826 bits per heavy atom. The van der Waals surface area contributed by atoms with Gasteiger partial charge < -0.3 is 25.4 Å². The number of nitrogens with zero attached hydrogens (tertiary/aromatic N) is 1. The number of para-hydroxylation sites is 1. The lowest BCUT2D eigenvalue weighted by atomic mass is 9.97. The van der Waals surface area contributed by atoms with Crippen LogP contribution in [0, 0.1) is 6.92 Å². The zero-order chi connectivity index (χ0) is 33.5. The number of amides is 3. The molecule has 0 aliphatic heterocycles. The first-order valence-corrected chi connectivity index (χ1v) is 16.4. The Hall–Kier alpha value is -4.33. The van der Waals surface area contributed by atoms with Crippen LogP contribution in [0.2, 0.25) is 0 Å². The molecule has 3 N–H and O–H groups in total. The highest BCUT2D eigenvalue weighted by Gasteiger charge is 2.37. The van der Waals surface area contributed by atoms with Gasteiger partial charge >= 0.3 is 6.09 Å². The topological polar surface area (TPSA) is 108 Å². The molecular formula is C38H51N3O5. The number of nitrogens with one attached hydrogen (secondary N) is 2. The van der Waals surface area contributed by atoms with Gasteiger partial charge in [0.15, 0.2) is 0 Å². The fraction of sp³-hybridized carbons (Fsp3) is 0.447. The van der Waals surface area contributed by atoms with Crippen LogP contribution in [0.5, 0.6) is 5.75 Å². The smallest absolute Gasteiger partial charge is 0.408 e. The van der Waals surface area contributed by atoms with Gasteiger partial charge in [0.1, 0.15) is 23.4 Å². The van der Waals surface area contributed by atoms with Crippen LogP contribution in [0.25, 0.3) is 0 Å². The number of carbonyl (C=O) groups excluding carboxylic acids is 3. The molecule has 0 aliphatic rings. The number of carbonyl (C=O) groups is 3. The van der Waals surface area contributed by atoms with Crippen molar-refractivity contribution in [2.24, 2.45) is 0 Å². The van der Waals surface area contributed by atoms with E-state index in [4.69, 9.17) is 4.74 Å². The van der Waals surface area contributed by atoms with Crippen molar-refractivity contribution in [1.82, 2.24) is 15.5 Å². The number of benzene rings is 3. The van der Waals surface area contributed by atoms with Crippen molar-refractivity contribution >= 4 is 17.9 Å². The van der Waals surface area contributed by atoms with E-state index in [1.165, 1.54) is 4.90 Å². The van der Waals surface area contributed by atoms with E-state index < -0.39 is 35.6 Å². The molecule has 0 radical (unpaired) electrons. The van der Waals surface area contributed by atoms with Gasteiger partial charge in [-0.3, -0.25) is 9.59 Å². The Kier molecular flexibility index (Phi) is 14.1. The number of hydrogen-bond donors (Lipinski definition) is 3. The van der Waals surface area contributed by atoms with Crippen molar-refractivity contribution in [2.45, 2.75) is 104 Å². The third-order valence-electron chi connectivity index (χ3n) is 7.74. The molecule has 0 saturated carbocycles. The predicted octanol–water partition coefficient (Wildman–Crippen LogP) is 7.38. The van der Waals surface area contributed by atoms with Gasteiger partial charge in [-0.1, -0.05) is 118 Å². The van der Waals surface area contributed by atoms with Gasteiger partial charge in [-0.05, 0) is 50.8 Å². The lowest BCUT2D eigenvalue weighted by Crippen LogP contribution is -2.54. The van der Waals surface area contributed by atoms with Gasteiger partial charge in [0, 0.05) is 25.1 Å². The second-order valence-corrected chi connectivity index (χ2v) is 12.8. The summed E-state index contributed by atoms with van der Waals surface area (Å²) in [6.07, 6.45) is 5.40. The van der Waals surface area contributed by atoms with Crippen LogP contribution in [-0.4, -0.2) is 46.1 Å². The minimum absolute atomic E-state index is 0.0391. The molecule has 46 heavy (non-hydrogen) atoms. The Morgan fingerprint density at radius 2 is 1.43 bits per heavy atom. The van der Waals surface area contributed by atoms with Crippen molar-refractivity contribution in [2.75, 3.05) is 6.54 Å². The number of unbranched alkanes of at least 4 members (excludes halogenated alkanes) is 5. The minimum atomic E-state index is -1.13. The van der Waals surface area contributed by atoms with Crippen LogP contribution in [-0.2, 0) is 27.3 Å². The van der Waals surface area contributed by atoms with Crippen LogP contribution >= 0.6 is 0 Å². The molecule has 8 nitrogen and oxygen atoms in total. The van der Waals surface area contributed by atoms with E-state index in [0.29, 0.717) is 17.5 Å². The summed E-state index contributed by atoms with van der Waals surface area (Å²) in [7, 11) is 0. The Bertz CT molecular complexity index is 1390. The van der Waals surface area contributed by atoms with Gasteiger partial charge in [-0.15, -0.1) is 0 Å². The number of ether oxygens (including phenoxy) is 1. The molecule has 0 aliphatic carbocycles. The van der Waals surface area contributed by atoms with Crippen LogP contribution in [0.1, 0.15) is 94.5 Å². The van der Waals surface area contributed by atoms with Crippen molar-refractivity contribution in [1.29, 1.82) is 0 Å². The Labute approximate surface area is 274 Å². The van der Waals surface area contributed by atoms with Crippen molar-refractivity contribution in [3.05, 3.63) is 101 Å². The molecule has 3 aromatic carbocycles. The fourth-order valence-corrected chi connectivity index (χ4v) is 5.36. The molecule has 3 aromatic rings. The van der Waals surface area contributed by atoms with Crippen LogP contribution in [0.15, 0.2) is 78.9 Å². The largest absolute Gasteiger partial charge is 0.507 e. The van der Waals surface area contributed by atoms with E-state index in [2.05, 4.69) is 17.6 Å². The second kappa shape index (κ2) is 18.0. The van der Waals surface area contributed by atoms with Crippen molar-refractivity contribution < 1.29 is 24.2 Å². The first-order valence-electron chi connectivity index (χ1n) is 16.4. The van der Waals surface area contributed by atoms with Crippen molar-refractivity contribution in [3.8, 4) is 5.75 Å². The molecule has 0 aromatic heterocycles. The standard InChI is InChI=1S/C38H51N3O5/c1-6-7-8-9-10-17-25-41(36(44)32(26-29-20-13-11-14-21-29)40-37(45)46-38(3,4)5)33(31-24-18-19-28(2)34(31)42)35(43)39-27-30-22-15-12-16-23-30/h11-16,18-24,32-33,42H,6-10,17,25-27H2,1-5H3,(H,39,43)(H,40,45). The second-order valence-electron chi connectivity index (χ2n) is 12.8. The van der Waals surface area contributed by atoms with Crippen molar-refractivity contribution in [3.63, 3.8) is 0 Å². The van der Waals surface area contributed by atoms with Crippen LogP contribution in [0.4, 0.5) is 4.79 Å². The average Bonchev–Trinajstić information content (AvgIpc) is 3.02. The maximum Gasteiger partial charge on any atom is 0.408 e. The van der Waals surface area contributed by atoms with E-state index in [1.807, 2.05) is 60.7 Å². The number of phenols is 1. The summed E-state index contributed by atoms with van der Waals surface area (Å²) >= 11 is 0. The maximum absolute atomic E-state index is 14.7. The van der Waals surface area contributed by atoms with Crippen LogP contribution in [0.3, 0.4) is 0 Å². The highest BCUT2D eigenvalue weighted by atomic mass is 16.6. The Morgan fingerprint density at radius 3 is 2.07 bits per heavy atom. The molecule has 2 atom stereocenters. The molecule has 0 fully saturated rings. The molecule has 3 amide bonds. The molecule has 0 saturated heterocycles. The molecule has 0 heterocycles. The molecule has 3 rings (SSSR count). The summed E-state index contributed by atoms with van der Waals surface area (Å²) in [4.78, 5) is 43.4. The van der Waals surface area contributed by atoms with Gasteiger partial charge in [0.05, 0.1) is 0 Å². The number of phenolic OH excluding ortho intramolecular Hbond substituents is 1. The number of hydrogen-bond acceptors (Lipinski definition) is 5. The van der Waals surface area contributed by atoms with Gasteiger partial charge in [0.2, 0.25) is 11.8 Å². The summed E-state index contributed by atoms with van der Waals surface area (Å²) < 4.78 is 5.55. The zero-order valence-corrected chi connectivity index (χ0v) is 28.1. The molecule has 0 bridgehead atoms. The average molecular weight is 630 g/mol. The third-order valence-corrected chi connectivity index (χ3v) is 7.74. The molecule has 248 valence electrons. The number of aromatic hydroxyl groups is 1. The molecule has 8 heteroatoms. The van der Waals surface area contributed by atoms with Gasteiger partial charge in [-0.25, -0.2) is 4.79 Å². The predicted molar refractivity (Wildman–Crippen MR) is 182 cm³/mol. The minimum Gasteiger partial charge on any atom is -0.507 e. The van der Waals surface area contributed by atoms with Crippen LogP contribution < -0.4 is 10.6 Å². The fourth-order valence-electron chi connectivity index (χ4n) is 5.36. The first-order chi connectivity index (χ1) is 22.0. The first kappa shape index (κ1) is 36.1. The summed E-state index contributed by atoms with van der Waals surface area (Å²) in [5.74, 6) is -0.883. The highest BCUT2D eigenvalue weighted by Crippen LogP contribution is 2.33. The normalized spacial score (nSPS) is 12.5. The molecule has 2 unspecified atom stereocenters. The molecular weight excluding hydrogens is 578 g/mol. The number of rotatable bonds is 16. The summed E-state index contributed by atoms with van der Waals surface area (Å²) in [5.41, 5.74) is 1.92. The summed E-state index contributed by atoms with van der Waals surface area (Å²) in [5, 5.41) is 17.0. The third kappa shape index (κ3) is 11.5. The summed E-state index contributed by atoms with van der Waals surface area (Å²) in [6.45, 7) is 9.74. The van der Waals surface area contributed by atoms with Gasteiger partial charge in [0.25, 0.3) is 0 Å².